The molecule has 0 aliphatic rings. The number of carbonyl (C=O) groups excluding carboxylic acids is 1. The first-order valence-corrected chi connectivity index (χ1v) is 10.7. The maximum Gasteiger partial charge on any atom is 0.251 e. The molecule has 0 saturated carbocycles. The van der Waals surface area contributed by atoms with Gasteiger partial charge in [-0.15, -0.1) is 0 Å². The van der Waals surface area contributed by atoms with Gasteiger partial charge in [-0.05, 0) is 49.7 Å². The number of carbonyl (C=O) groups is 1. The zero-order valence-electron chi connectivity index (χ0n) is 19.4. The molecule has 0 radical (unpaired) electrons. The number of nitrogens with one attached hydrogen (secondary N) is 3. The molecular weight excluding hydrogens is 408 g/mol. The van der Waals surface area contributed by atoms with Gasteiger partial charge in [0.1, 0.15) is 18.1 Å². The summed E-state index contributed by atoms with van der Waals surface area (Å²) in [4.78, 5) is 16.5. The van der Waals surface area contributed by atoms with Gasteiger partial charge in [0.15, 0.2) is 5.96 Å². The first-order chi connectivity index (χ1) is 15.6. The van der Waals surface area contributed by atoms with Gasteiger partial charge in [-0.2, -0.15) is 0 Å². The lowest BCUT2D eigenvalue weighted by Crippen LogP contribution is -2.41. The molecule has 0 saturated heterocycles. The normalized spacial score (nSPS) is 11.1. The van der Waals surface area contributed by atoms with Crippen LogP contribution >= 0.6 is 0 Å². The number of amides is 1. The summed E-state index contributed by atoms with van der Waals surface area (Å²) in [7, 11) is 3.30. The van der Waals surface area contributed by atoms with Crippen molar-refractivity contribution in [3.05, 3.63) is 59.2 Å². The second-order valence-electron chi connectivity index (χ2n) is 6.99. The summed E-state index contributed by atoms with van der Waals surface area (Å²) in [5.74, 6) is 2.06. The first-order valence-electron chi connectivity index (χ1n) is 10.7. The maximum absolute atomic E-state index is 12.2. The standard InChI is InChI=1S/C24H34N4O4/c1-5-31-14-15-32-22-16-18(2)6-7-20(22)17-28-24(25-3)27-13-12-26-23(29)19-8-10-21(30-4)11-9-19/h6-11,16H,5,12-15,17H2,1-4H3,(H,26,29)(H2,25,27,28). The van der Waals surface area contributed by atoms with Gasteiger partial charge >= 0.3 is 0 Å². The van der Waals surface area contributed by atoms with E-state index in [0.29, 0.717) is 51.0 Å². The molecule has 0 atom stereocenters. The first kappa shape index (κ1) is 25.0. The second kappa shape index (κ2) is 13.9. The Morgan fingerprint density at radius 3 is 2.44 bits per heavy atom. The molecule has 0 heterocycles. The van der Waals surface area contributed by atoms with Crippen LogP contribution in [0.3, 0.4) is 0 Å². The summed E-state index contributed by atoms with van der Waals surface area (Å²) < 4.78 is 16.3. The number of hydrogen-bond donors (Lipinski definition) is 3. The van der Waals surface area contributed by atoms with Crippen LogP contribution < -0.4 is 25.4 Å². The molecular formula is C24H34N4O4. The number of nitrogens with zero attached hydrogens (tertiary/aromatic N) is 1. The Balaban J connectivity index is 1.77. The van der Waals surface area contributed by atoms with Gasteiger partial charge in [0.05, 0.1) is 13.7 Å². The minimum atomic E-state index is -0.133. The molecule has 8 heteroatoms. The predicted octanol–water partition coefficient (Wildman–Crippen LogP) is 2.51. The Labute approximate surface area is 190 Å². The summed E-state index contributed by atoms with van der Waals surface area (Å²) in [5, 5.41) is 9.36. The van der Waals surface area contributed by atoms with E-state index < -0.39 is 0 Å². The van der Waals surface area contributed by atoms with Crippen LogP contribution in [0, 0.1) is 6.92 Å². The fourth-order valence-corrected chi connectivity index (χ4v) is 2.90. The Hall–Kier alpha value is -3.26. The summed E-state index contributed by atoms with van der Waals surface area (Å²) >= 11 is 0. The molecule has 0 unspecified atom stereocenters. The van der Waals surface area contributed by atoms with Crippen LogP contribution in [0.2, 0.25) is 0 Å². The van der Waals surface area contributed by atoms with Crippen LogP contribution in [-0.2, 0) is 11.3 Å². The quantitative estimate of drug-likeness (QED) is 0.266. The van der Waals surface area contributed by atoms with Crippen LogP contribution in [0.25, 0.3) is 0 Å². The Kier molecular flexibility index (Phi) is 10.9. The number of methoxy groups -OCH3 is 1. The number of aryl methyl sites for hydroxylation is 1. The zero-order chi connectivity index (χ0) is 23.2. The fourth-order valence-electron chi connectivity index (χ4n) is 2.90. The Morgan fingerprint density at radius 2 is 1.75 bits per heavy atom. The van der Waals surface area contributed by atoms with E-state index in [1.54, 1.807) is 38.4 Å². The van der Waals surface area contributed by atoms with Crippen molar-refractivity contribution < 1.29 is 19.0 Å². The molecule has 2 rings (SSSR count). The van der Waals surface area contributed by atoms with Crippen LogP contribution in [0.4, 0.5) is 0 Å². The molecule has 32 heavy (non-hydrogen) atoms. The largest absolute Gasteiger partial charge is 0.497 e. The van der Waals surface area contributed by atoms with Crippen molar-refractivity contribution in [3.8, 4) is 11.5 Å². The van der Waals surface area contributed by atoms with Gasteiger partial charge in [-0.25, -0.2) is 0 Å². The molecule has 2 aromatic carbocycles. The zero-order valence-corrected chi connectivity index (χ0v) is 19.4. The Bertz CT molecular complexity index is 869. The highest BCUT2D eigenvalue weighted by atomic mass is 16.5. The van der Waals surface area contributed by atoms with Crippen LogP contribution in [-0.4, -0.2) is 58.9 Å². The van der Waals surface area contributed by atoms with E-state index in [1.807, 2.05) is 26.0 Å². The Morgan fingerprint density at radius 1 is 1.00 bits per heavy atom. The topological polar surface area (TPSA) is 93.2 Å². The van der Waals surface area contributed by atoms with Crippen molar-refractivity contribution in [2.45, 2.75) is 20.4 Å². The lowest BCUT2D eigenvalue weighted by molar-refractivity contribution is 0.0954. The van der Waals surface area contributed by atoms with Crippen molar-refractivity contribution in [3.63, 3.8) is 0 Å². The van der Waals surface area contributed by atoms with Crippen molar-refractivity contribution >= 4 is 11.9 Å². The SMILES string of the molecule is CCOCCOc1cc(C)ccc1CNC(=NC)NCCNC(=O)c1ccc(OC)cc1. The summed E-state index contributed by atoms with van der Waals surface area (Å²) in [5.41, 5.74) is 2.75. The van der Waals surface area contributed by atoms with Crippen LogP contribution in [0.15, 0.2) is 47.5 Å². The molecule has 0 aliphatic heterocycles. The monoisotopic (exact) mass is 442 g/mol. The highest BCUT2D eigenvalue weighted by Crippen LogP contribution is 2.20. The van der Waals surface area contributed by atoms with Gasteiger partial charge < -0.3 is 30.2 Å². The lowest BCUT2D eigenvalue weighted by atomic mass is 10.1. The number of benzene rings is 2. The minimum Gasteiger partial charge on any atom is -0.497 e. The summed E-state index contributed by atoms with van der Waals surface area (Å²) in [6.07, 6.45) is 0. The van der Waals surface area contributed by atoms with Crippen LogP contribution in [0.5, 0.6) is 11.5 Å². The molecule has 8 nitrogen and oxygen atoms in total. The van der Waals surface area contributed by atoms with Gasteiger partial charge in [0, 0.05) is 44.4 Å². The molecule has 0 aromatic heterocycles. The number of aliphatic imine (C=N–C) groups is 1. The van der Waals surface area contributed by atoms with Crippen molar-refractivity contribution in [2.75, 3.05) is 47.1 Å². The van der Waals surface area contributed by atoms with Crippen molar-refractivity contribution in [1.29, 1.82) is 0 Å². The highest BCUT2D eigenvalue weighted by molar-refractivity contribution is 5.94. The van der Waals surface area contributed by atoms with Crippen LogP contribution in [0.1, 0.15) is 28.4 Å². The highest BCUT2D eigenvalue weighted by Gasteiger charge is 2.07. The summed E-state index contributed by atoms with van der Waals surface area (Å²) in [6.45, 7) is 7.29. The van der Waals surface area contributed by atoms with E-state index in [2.05, 4.69) is 27.0 Å². The van der Waals surface area contributed by atoms with Gasteiger partial charge in [0.2, 0.25) is 0 Å². The lowest BCUT2D eigenvalue weighted by Gasteiger charge is -2.16. The molecule has 0 fully saturated rings. The van der Waals surface area contributed by atoms with E-state index in [9.17, 15) is 4.79 Å². The third-order valence-corrected chi connectivity index (χ3v) is 4.64. The molecule has 2 aromatic rings. The van der Waals surface area contributed by atoms with E-state index in [-0.39, 0.29) is 5.91 Å². The van der Waals surface area contributed by atoms with Crippen molar-refractivity contribution in [1.82, 2.24) is 16.0 Å². The van der Waals surface area contributed by atoms with E-state index in [0.717, 1.165) is 22.6 Å². The predicted molar refractivity (Wildman–Crippen MR) is 127 cm³/mol. The molecule has 0 aliphatic carbocycles. The second-order valence-corrected chi connectivity index (χ2v) is 6.99. The average molecular weight is 443 g/mol. The average Bonchev–Trinajstić information content (AvgIpc) is 2.82. The van der Waals surface area contributed by atoms with E-state index >= 15 is 0 Å². The van der Waals surface area contributed by atoms with Gasteiger partial charge in [0.25, 0.3) is 5.91 Å². The molecule has 0 bridgehead atoms. The van der Waals surface area contributed by atoms with E-state index in [4.69, 9.17) is 14.2 Å². The minimum absolute atomic E-state index is 0.133. The number of rotatable bonds is 12. The third kappa shape index (κ3) is 8.47. The number of ether oxygens (including phenoxy) is 3. The maximum atomic E-state index is 12.2. The fraction of sp³-hybridized carbons (Fsp3) is 0.417. The summed E-state index contributed by atoms with van der Waals surface area (Å²) in [6, 6.07) is 13.1. The van der Waals surface area contributed by atoms with E-state index in [1.165, 1.54) is 0 Å². The molecule has 1 amide bonds. The smallest absolute Gasteiger partial charge is 0.251 e. The number of guanidine groups is 1. The van der Waals surface area contributed by atoms with Gasteiger partial charge in [-0.3, -0.25) is 9.79 Å². The van der Waals surface area contributed by atoms with Gasteiger partial charge in [-0.1, -0.05) is 12.1 Å². The number of hydrogen-bond acceptors (Lipinski definition) is 5. The third-order valence-electron chi connectivity index (χ3n) is 4.64. The molecule has 0 spiro atoms. The molecule has 3 N–H and O–H groups in total. The molecule has 174 valence electrons. The van der Waals surface area contributed by atoms with Crippen molar-refractivity contribution in [2.24, 2.45) is 4.99 Å².